The number of aliphatic hydroxyl groups excluding tert-OH is 1. The van der Waals surface area contributed by atoms with Crippen molar-refractivity contribution < 1.29 is 24.5 Å². The van der Waals surface area contributed by atoms with E-state index in [-0.39, 0.29) is 57.2 Å². The van der Waals surface area contributed by atoms with Crippen LogP contribution in [-0.4, -0.2) is 39.6 Å². The van der Waals surface area contributed by atoms with Crippen molar-refractivity contribution in [3.05, 3.63) is 41.0 Å². The van der Waals surface area contributed by atoms with Crippen LogP contribution in [0.25, 0.3) is 0 Å². The monoisotopic (exact) mass is 616 g/mol. The average Bonchev–Trinajstić information content (AvgIpc) is 3.28. The Morgan fingerprint density at radius 3 is 2.38 bits per heavy atom. The number of rotatable bonds is 6. The molecule has 0 radical (unpaired) electrons. The molecule has 45 heavy (non-hydrogen) atoms. The number of carbonyl (C=O) groups excluding carboxylic acids is 2. The Bertz CT molecular complexity index is 1440. The van der Waals surface area contributed by atoms with Crippen LogP contribution in [0, 0.1) is 45.3 Å². The van der Waals surface area contributed by atoms with E-state index in [9.17, 15) is 19.8 Å². The lowest BCUT2D eigenvalue weighted by Crippen LogP contribution is -2.63. The number of benzene rings is 1. The molecule has 6 aliphatic rings. The van der Waals surface area contributed by atoms with Crippen LogP contribution >= 0.6 is 0 Å². The number of phenols is 1. The fourth-order valence-corrected chi connectivity index (χ4v) is 12.8. The number of allylic oxidation sites excluding steroid dienone is 2. The molecule has 0 aromatic heterocycles. The van der Waals surface area contributed by atoms with Gasteiger partial charge in [0.05, 0.1) is 11.7 Å². The Kier molecular flexibility index (Phi) is 7.21. The summed E-state index contributed by atoms with van der Waals surface area (Å²) < 4.78 is 6.20. The van der Waals surface area contributed by atoms with E-state index in [1.165, 1.54) is 31.3 Å². The van der Waals surface area contributed by atoms with Gasteiger partial charge in [0, 0.05) is 23.2 Å². The van der Waals surface area contributed by atoms with Crippen LogP contribution < -0.4 is 0 Å². The minimum absolute atomic E-state index is 0.00908. The Morgan fingerprint density at radius 2 is 1.69 bits per heavy atom. The lowest BCUT2D eigenvalue weighted by Gasteiger charge is -2.68. The average molecular weight is 617 g/mol. The molecule has 0 unspecified atom stereocenters. The van der Waals surface area contributed by atoms with E-state index < -0.39 is 11.5 Å². The molecular formula is C40H56O5. The SMILES string of the molecule is C[C@H](C[C@@H](O)[C@@H]1O[C@]1(C)C1CCCC1)C1=C2CC[C@H]3[C@]4(C)C[C@@H](c5cccc(O)c5)C(=O)C(C)(C)[C@H]4CC[C@]3(C)[C@@]2(C)CC1=O. The topological polar surface area (TPSA) is 87.1 Å². The van der Waals surface area contributed by atoms with E-state index in [4.69, 9.17) is 4.74 Å². The van der Waals surface area contributed by atoms with Crippen molar-refractivity contribution in [2.45, 2.75) is 143 Å². The second-order valence-corrected chi connectivity index (χ2v) is 17.8. The van der Waals surface area contributed by atoms with Gasteiger partial charge in [0.2, 0.25) is 0 Å². The molecular weight excluding hydrogens is 560 g/mol. The van der Waals surface area contributed by atoms with E-state index in [0.717, 1.165) is 43.2 Å². The molecule has 1 saturated heterocycles. The maximum atomic E-state index is 14.1. The summed E-state index contributed by atoms with van der Waals surface area (Å²) in [6.07, 6.45) is 10.2. The number of ether oxygens (including phenoxy) is 1. The molecule has 1 aliphatic heterocycles. The summed E-state index contributed by atoms with van der Waals surface area (Å²) in [5.74, 6) is 1.80. The van der Waals surface area contributed by atoms with Gasteiger partial charge in [-0.25, -0.2) is 0 Å². The van der Waals surface area contributed by atoms with Crippen LogP contribution in [0.3, 0.4) is 0 Å². The highest BCUT2D eigenvalue weighted by molar-refractivity contribution is 6.00. The van der Waals surface area contributed by atoms with Crippen molar-refractivity contribution in [3.63, 3.8) is 0 Å². The standard InChI is InChI=1S/C40H56O5/c1-23(19-29(42)35-40(7,45-35)25-12-8-9-13-25)33-28-15-16-32-37(4)21-27(24-11-10-14-26(41)20-24)34(44)36(2,3)31(37)17-18-38(32,5)39(28,6)22-30(33)43/h10-11,14,20,23,25,27,29,31-32,35,41-42H,8-9,12-13,15-19,21-22H2,1-7H3/t23-,27+,29-,31-,32+,35+,37-,38+,39+,40-/m1/s1. The minimum atomic E-state index is -0.545. The number of hydrogen-bond acceptors (Lipinski definition) is 5. The number of fused-ring (bicyclic) bond motifs is 5. The molecule has 5 heteroatoms. The minimum Gasteiger partial charge on any atom is -0.508 e. The van der Waals surface area contributed by atoms with Gasteiger partial charge in [-0.05, 0) is 116 Å². The zero-order valence-electron chi connectivity index (χ0n) is 28.7. The molecule has 5 nitrogen and oxygen atoms in total. The third-order valence-electron chi connectivity index (χ3n) is 15.3. The Hall–Kier alpha value is -1.98. The zero-order valence-corrected chi connectivity index (χ0v) is 28.7. The van der Waals surface area contributed by atoms with Gasteiger partial charge >= 0.3 is 0 Å². The molecule has 5 aliphatic carbocycles. The highest BCUT2D eigenvalue weighted by Gasteiger charge is 2.69. The van der Waals surface area contributed by atoms with Crippen LogP contribution in [0.5, 0.6) is 5.75 Å². The normalized spacial score (nSPS) is 43.9. The summed E-state index contributed by atoms with van der Waals surface area (Å²) in [5.41, 5.74) is 2.31. The molecule has 1 heterocycles. The van der Waals surface area contributed by atoms with Crippen molar-refractivity contribution in [1.29, 1.82) is 0 Å². The number of ketones is 2. The first-order chi connectivity index (χ1) is 21.1. The highest BCUT2D eigenvalue weighted by Crippen LogP contribution is 2.74. The first-order valence-corrected chi connectivity index (χ1v) is 18.0. The quantitative estimate of drug-likeness (QED) is 0.314. The van der Waals surface area contributed by atoms with Gasteiger partial charge in [0.25, 0.3) is 0 Å². The van der Waals surface area contributed by atoms with Gasteiger partial charge in [-0.2, -0.15) is 0 Å². The van der Waals surface area contributed by atoms with Crippen LogP contribution in [0.4, 0.5) is 0 Å². The number of aromatic hydroxyl groups is 1. The number of aliphatic hydroxyl groups is 1. The van der Waals surface area contributed by atoms with Gasteiger partial charge in [0.1, 0.15) is 17.6 Å². The largest absolute Gasteiger partial charge is 0.508 e. The van der Waals surface area contributed by atoms with Crippen LogP contribution in [0.1, 0.15) is 131 Å². The molecule has 7 rings (SSSR count). The predicted octanol–water partition coefficient (Wildman–Crippen LogP) is 8.32. The molecule has 4 saturated carbocycles. The lowest BCUT2D eigenvalue weighted by molar-refractivity contribution is -0.183. The maximum Gasteiger partial charge on any atom is 0.159 e. The van der Waals surface area contributed by atoms with Crippen LogP contribution in [0.2, 0.25) is 0 Å². The summed E-state index contributed by atoms with van der Waals surface area (Å²) in [4.78, 5) is 28.1. The Morgan fingerprint density at radius 1 is 0.978 bits per heavy atom. The van der Waals surface area contributed by atoms with Crippen LogP contribution in [-0.2, 0) is 14.3 Å². The third kappa shape index (κ3) is 4.38. The smallest absolute Gasteiger partial charge is 0.159 e. The summed E-state index contributed by atoms with van der Waals surface area (Å²) in [7, 11) is 0. The number of Topliss-reactive ketones (excluding diaryl/α,β-unsaturated/α-hetero) is 2. The Labute approximate surface area is 270 Å². The third-order valence-corrected chi connectivity index (χ3v) is 15.3. The van der Waals surface area contributed by atoms with Crippen molar-refractivity contribution in [2.24, 2.45) is 45.3 Å². The summed E-state index contributed by atoms with van der Waals surface area (Å²) in [5, 5.41) is 21.7. The second-order valence-electron chi connectivity index (χ2n) is 17.8. The maximum absolute atomic E-state index is 14.1. The Balaban J connectivity index is 1.17. The van der Waals surface area contributed by atoms with Gasteiger partial charge in [-0.15, -0.1) is 0 Å². The van der Waals surface area contributed by atoms with Crippen LogP contribution in [0.15, 0.2) is 35.4 Å². The first kappa shape index (κ1) is 31.6. The molecule has 0 amide bonds. The predicted molar refractivity (Wildman–Crippen MR) is 176 cm³/mol. The fourth-order valence-electron chi connectivity index (χ4n) is 12.8. The van der Waals surface area contributed by atoms with Crippen molar-refractivity contribution in [1.82, 2.24) is 0 Å². The number of carbonyl (C=O) groups is 2. The van der Waals surface area contributed by atoms with E-state index in [0.29, 0.717) is 30.5 Å². The van der Waals surface area contributed by atoms with E-state index in [1.54, 1.807) is 12.1 Å². The number of hydrogen-bond donors (Lipinski definition) is 2. The first-order valence-electron chi connectivity index (χ1n) is 18.0. The van der Waals surface area contributed by atoms with Gasteiger partial charge < -0.3 is 14.9 Å². The van der Waals surface area contributed by atoms with E-state index in [2.05, 4.69) is 48.5 Å². The highest BCUT2D eigenvalue weighted by atomic mass is 16.6. The molecule has 1 aromatic carbocycles. The van der Waals surface area contributed by atoms with Gasteiger partial charge in [0.15, 0.2) is 5.78 Å². The zero-order chi connectivity index (χ0) is 32.3. The molecule has 246 valence electrons. The summed E-state index contributed by atoms with van der Waals surface area (Å²) in [6.45, 7) is 16.0. The van der Waals surface area contributed by atoms with Gasteiger partial charge in [-0.1, -0.05) is 72.1 Å². The number of phenolic OH excluding ortho intramolecular Hbond substituents is 1. The molecule has 10 atom stereocenters. The van der Waals surface area contributed by atoms with E-state index in [1.807, 2.05) is 12.1 Å². The van der Waals surface area contributed by atoms with Crippen molar-refractivity contribution in [2.75, 3.05) is 0 Å². The number of epoxide rings is 1. The fraction of sp³-hybridized carbons (Fsp3) is 0.750. The molecule has 5 fully saturated rings. The van der Waals surface area contributed by atoms with Crippen molar-refractivity contribution >= 4 is 11.6 Å². The second kappa shape index (κ2) is 10.3. The molecule has 1 aromatic rings. The lowest BCUT2D eigenvalue weighted by atomic mass is 9.35. The van der Waals surface area contributed by atoms with Gasteiger partial charge in [-0.3, -0.25) is 9.59 Å². The summed E-state index contributed by atoms with van der Waals surface area (Å²) >= 11 is 0. The van der Waals surface area contributed by atoms with Crippen molar-refractivity contribution in [3.8, 4) is 5.75 Å². The summed E-state index contributed by atoms with van der Waals surface area (Å²) in [6, 6.07) is 7.33. The molecule has 0 bridgehead atoms. The molecule has 2 N–H and O–H groups in total. The van der Waals surface area contributed by atoms with E-state index >= 15 is 0 Å². The molecule has 0 spiro atoms.